The highest BCUT2D eigenvalue weighted by Gasteiger charge is 2.36. The molecule has 0 spiro atoms. The highest BCUT2D eigenvalue weighted by molar-refractivity contribution is 7.91. The van der Waals surface area contributed by atoms with Gasteiger partial charge in [-0.15, -0.1) is 0 Å². The van der Waals surface area contributed by atoms with Crippen molar-refractivity contribution in [1.29, 1.82) is 0 Å². The molecule has 0 aromatic heterocycles. The van der Waals surface area contributed by atoms with Crippen molar-refractivity contribution in [2.75, 3.05) is 24.7 Å². The van der Waals surface area contributed by atoms with E-state index in [4.69, 9.17) is 0 Å². The summed E-state index contributed by atoms with van der Waals surface area (Å²) in [5, 5.41) is 12.7. The minimum atomic E-state index is -2.85. The molecule has 0 aliphatic carbocycles. The van der Waals surface area contributed by atoms with E-state index in [1.54, 1.807) is 0 Å². The summed E-state index contributed by atoms with van der Waals surface area (Å²) in [7, 11) is -2.85. The second-order valence-electron chi connectivity index (χ2n) is 4.87. The van der Waals surface area contributed by atoms with E-state index in [2.05, 4.69) is 19.2 Å². The van der Waals surface area contributed by atoms with Crippen LogP contribution in [0.3, 0.4) is 0 Å². The van der Waals surface area contributed by atoms with Gasteiger partial charge in [-0.2, -0.15) is 0 Å². The molecule has 0 bridgehead atoms. The summed E-state index contributed by atoms with van der Waals surface area (Å²) < 4.78 is 22.6. The van der Waals surface area contributed by atoms with Gasteiger partial charge < -0.3 is 10.4 Å². The summed E-state index contributed by atoms with van der Waals surface area (Å²) in [5.74, 6) is 0.893. The zero-order chi connectivity index (χ0) is 11.5. The molecule has 0 amide bonds. The minimum Gasteiger partial charge on any atom is -0.394 e. The number of aliphatic hydroxyl groups excluding tert-OH is 1. The summed E-state index contributed by atoms with van der Waals surface area (Å²) in [6, 6.07) is 0. The first-order valence-electron chi connectivity index (χ1n) is 5.45. The summed E-state index contributed by atoms with van der Waals surface area (Å²) in [6.45, 7) is 5.03. The molecular weight excluding hydrogens is 214 g/mol. The summed E-state index contributed by atoms with van der Waals surface area (Å²) in [5.41, 5.74) is -0.365. The zero-order valence-corrected chi connectivity index (χ0v) is 10.3. The predicted octanol–water partition coefficient (Wildman–Crippen LogP) is 0.172. The predicted molar refractivity (Wildman–Crippen MR) is 60.5 cm³/mol. The lowest BCUT2D eigenvalue weighted by molar-refractivity contribution is 0.145. The van der Waals surface area contributed by atoms with Crippen molar-refractivity contribution in [1.82, 2.24) is 5.32 Å². The maximum Gasteiger partial charge on any atom is 0.150 e. The Bertz CT molecular complexity index is 284. The summed E-state index contributed by atoms with van der Waals surface area (Å²) in [6.07, 6.45) is 1.05. The first-order valence-corrected chi connectivity index (χ1v) is 7.28. The first-order chi connectivity index (χ1) is 6.89. The molecule has 0 saturated carbocycles. The maximum atomic E-state index is 11.3. The molecule has 1 saturated heterocycles. The Morgan fingerprint density at radius 3 is 2.27 bits per heavy atom. The molecule has 0 radical (unpaired) electrons. The number of hydrogen-bond acceptors (Lipinski definition) is 4. The second kappa shape index (κ2) is 4.80. The van der Waals surface area contributed by atoms with Gasteiger partial charge in [0, 0.05) is 5.54 Å². The third-order valence-corrected chi connectivity index (χ3v) is 4.62. The van der Waals surface area contributed by atoms with Gasteiger partial charge in [0.05, 0.1) is 18.1 Å². The topological polar surface area (TPSA) is 66.4 Å². The smallest absolute Gasteiger partial charge is 0.150 e. The first kappa shape index (κ1) is 12.9. The van der Waals surface area contributed by atoms with Crippen LogP contribution in [-0.4, -0.2) is 43.7 Å². The van der Waals surface area contributed by atoms with Gasteiger partial charge in [0.2, 0.25) is 0 Å². The van der Waals surface area contributed by atoms with E-state index < -0.39 is 9.84 Å². The molecular formula is C10H21NO3S. The average Bonchev–Trinajstić information content (AvgIpc) is 2.17. The van der Waals surface area contributed by atoms with Crippen molar-refractivity contribution in [3.8, 4) is 0 Å². The van der Waals surface area contributed by atoms with E-state index in [0.717, 1.165) is 6.54 Å². The van der Waals surface area contributed by atoms with E-state index in [1.165, 1.54) is 0 Å². The van der Waals surface area contributed by atoms with Gasteiger partial charge in [0.15, 0.2) is 0 Å². The number of nitrogens with one attached hydrogen (secondary N) is 1. The SMILES string of the molecule is CC(C)CNC1(CO)CCS(=O)(=O)CC1. The lowest BCUT2D eigenvalue weighted by Crippen LogP contribution is -2.54. The lowest BCUT2D eigenvalue weighted by Gasteiger charge is -2.37. The summed E-state index contributed by atoms with van der Waals surface area (Å²) in [4.78, 5) is 0. The molecule has 5 heteroatoms. The van der Waals surface area contributed by atoms with Crippen LogP contribution in [0.1, 0.15) is 26.7 Å². The lowest BCUT2D eigenvalue weighted by atomic mass is 9.92. The molecule has 0 aromatic rings. The number of aliphatic hydroxyl groups is 1. The Labute approximate surface area is 92.0 Å². The van der Waals surface area contributed by atoms with Crippen LogP contribution >= 0.6 is 0 Å². The Hall–Kier alpha value is -0.130. The fourth-order valence-electron chi connectivity index (χ4n) is 1.74. The van der Waals surface area contributed by atoms with Crippen LogP contribution in [0.4, 0.5) is 0 Å². The molecule has 90 valence electrons. The van der Waals surface area contributed by atoms with E-state index in [1.807, 2.05) is 0 Å². The molecule has 15 heavy (non-hydrogen) atoms. The van der Waals surface area contributed by atoms with Crippen LogP contribution in [0.15, 0.2) is 0 Å². The fourth-order valence-corrected chi connectivity index (χ4v) is 3.35. The number of rotatable bonds is 4. The van der Waals surface area contributed by atoms with Crippen molar-refractivity contribution in [2.24, 2.45) is 5.92 Å². The van der Waals surface area contributed by atoms with Gasteiger partial charge >= 0.3 is 0 Å². The summed E-state index contributed by atoms with van der Waals surface area (Å²) >= 11 is 0. The Morgan fingerprint density at radius 1 is 1.33 bits per heavy atom. The van der Waals surface area contributed by atoms with Gasteiger partial charge in [-0.3, -0.25) is 0 Å². The average molecular weight is 235 g/mol. The van der Waals surface area contributed by atoms with Crippen molar-refractivity contribution in [3.63, 3.8) is 0 Å². The quantitative estimate of drug-likeness (QED) is 0.729. The Kier molecular flexibility index (Phi) is 4.14. The normalized spacial score (nSPS) is 24.3. The molecule has 4 nitrogen and oxygen atoms in total. The van der Waals surface area contributed by atoms with Gasteiger partial charge in [-0.1, -0.05) is 13.8 Å². The Morgan fingerprint density at radius 2 is 1.87 bits per heavy atom. The van der Waals surface area contributed by atoms with Gasteiger partial charge in [0.25, 0.3) is 0 Å². The van der Waals surface area contributed by atoms with E-state index in [0.29, 0.717) is 18.8 Å². The maximum absolute atomic E-state index is 11.3. The van der Waals surface area contributed by atoms with Gasteiger partial charge in [-0.25, -0.2) is 8.42 Å². The highest BCUT2D eigenvalue weighted by Crippen LogP contribution is 2.23. The van der Waals surface area contributed by atoms with Crippen molar-refractivity contribution in [3.05, 3.63) is 0 Å². The fraction of sp³-hybridized carbons (Fsp3) is 1.00. The molecule has 1 aliphatic heterocycles. The number of sulfone groups is 1. The standard InChI is InChI=1S/C10H21NO3S/c1-9(2)7-11-10(8-12)3-5-15(13,14)6-4-10/h9,11-12H,3-8H2,1-2H3. The van der Waals surface area contributed by atoms with Crippen molar-refractivity contribution >= 4 is 9.84 Å². The molecule has 0 atom stereocenters. The van der Waals surface area contributed by atoms with Crippen LogP contribution < -0.4 is 5.32 Å². The van der Waals surface area contributed by atoms with Gasteiger partial charge in [-0.05, 0) is 25.3 Å². The zero-order valence-electron chi connectivity index (χ0n) is 9.49. The van der Waals surface area contributed by atoms with Crippen LogP contribution in [0.5, 0.6) is 0 Å². The van der Waals surface area contributed by atoms with E-state index in [-0.39, 0.29) is 23.7 Å². The molecule has 2 N–H and O–H groups in total. The van der Waals surface area contributed by atoms with Crippen molar-refractivity contribution in [2.45, 2.75) is 32.2 Å². The minimum absolute atomic E-state index is 0.0231. The second-order valence-corrected chi connectivity index (χ2v) is 7.17. The third kappa shape index (κ3) is 3.74. The molecule has 0 unspecified atom stereocenters. The van der Waals surface area contributed by atoms with E-state index >= 15 is 0 Å². The molecule has 1 heterocycles. The Balaban J connectivity index is 2.56. The monoisotopic (exact) mass is 235 g/mol. The van der Waals surface area contributed by atoms with Crippen LogP contribution in [0.2, 0.25) is 0 Å². The van der Waals surface area contributed by atoms with Crippen molar-refractivity contribution < 1.29 is 13.5 Å². The van der Waals surface area contributed by atoms with Crippen LogP contribution in [0, 0.1) is 5.92 Å². The highest BCUT2D eigenvalue weighted by atomic mass is 32.2. The van der Waals surface area contributed by atoms with Gasteiger partial charge in [0.1, 0.15) is 9.84 Å². The molecule has 1 rings (SSSR count). The van der Waals surface area contributed by atoms with Crippen LogP contribution in [0.25, 0.3) is 0 Å². The molecule has 1 aliphatic rings. The number of hydrogen-bond donors (Lipinski definition) is 2. The molecule has 1 fully saturated rings. The van der Waals surface area contributed by atoms with Crippen LogP contribution in [-0.2, 0) is 9.84 Å². The van der Waals surface area contributed by atoms with E-state index in [9.17, 15) is 13.5 Å². The molecule has 0 aromatic carbocycles. The largest absolute Gasteiger partial charge is 0.394 e. The third-order valence-electron chi connectivity index (χ3n) is 2.97.